The van der Waals surface area contributed by atoms with E-state index in [1.54, 1.807) is 41.5 Å². The smallest absolute Gasteiger partial charge is 0.417 e. The van der Waals surface area contributed by atoms with Gasteiger partial charge >= 0.3 is 24.4 Å². The molecule has 5 amide bonds. The predicted molar refractivity (Wildman–Crippen MR) is 228 cm³/mol. The van der Waals surface area contributed by atoms with Gasteiger partial charge in [-0.05, 0) is 108 Å². The molecular weight excluding hydrogens is 873 g/mol. The Hall–Kier alpha value is -5.95. The van der Waals surface area contributed by atoms with Crippen LogP contribution >= 0.6 is 0 Å². The summed E-state index contributed by atoms with van der Waals surface area (Å²) in [5, 5.41) is 12.9. The third kappa shape index (κ3) is 12.9. The van der Waals surface area contributed by atoms with E-state index in [0.29, 0.717) is 18.6 Å². The number of alkyl carbamates (subject to hydrolysis) is 1. The predicted octanol–water partition coefficient (Wildman–Crippen LogP) is 7.19. The van der Waals surface area contributed by atoms with Crippen LogP contribution in [0, 0.1) is 23.3 Å². The van der Waals surface area contributed by atoms with E-state index < -0.39 is 107 Å². The van der Waals surface area contributed by atoms with Crippen molar-refractivity contribution in [2.45, 2.75) is 141 Å². The number of amides is 5. The maximum Gasteiger partial charge on any atom is 0.417 e. The number of aliphatic hydroxyl groups is 1. The molecule has 8 atom stereocenters. The average Bonchev–Trinajstić information content (AvgIpc) is 3.96. The van der Waals surface area contributed by atoms with Gasteiger partial charge in [0, 0.05) is 19.1 Å². The number of halogens is 4. The monoisotopic (exact) mass is 928 g/mol. The first kappa shape index (κ1) is 49.5. The highest BCUT2D eigenvalue weighted by molar-refractivity contribution is 5.92. The van der Waals surface area contributed by atoms with Crippen molar-refractivity contribution < 1.29 is 70.3 Å². The van der Waals surface area contributed by atoms with E-state index >= 15 is 0 Å². The van der Waals surface area contributed by atoms with Gasteiger partial charge in [0.15, 0.2) is 0 Å². The summed E-state index contributed by atoms with van der Waals surface area (Å²) in [6.07, 6.45) is -5.16. The maximum absolute atomic E-state index is 13.7. The zero-order chi connectivity index (χ0) is 48.2. The van der Waals surface area contributed by atoms with E-state index in [4.69, 9.17) is 23.7 Å². The van der Waals surface area contributed by atoms with Gasteiger partial charge in [0.25, 0.3) is 0 Å². The van der Waals surface area contributed by atoms with Gasteiger partial charge in [-0.25, -0.2) is 41.6 Å². The molecule has 0 spiro atoms. The van der Waals surface area contributed by atoms with Gasteiger partial charge < -0.3 is 34.1 Å². The fourth-order valence-electron chi connectivity index (χ4n) is 8.64. The van der Waals surface area contributed by atoms with Crippen LogP contribution in [-0.4, -0.2) is 123 Å². The Morgan fingerprint density at radius 1 is 0.712 bits per heavy atom. The normalized spacial score (nSPS) is 25.2. The van der Waals surface area contributed by atoms with E-state index in [9.17, 15) is 46.6 Å². The van der Waals surface area contributed by atoms with Crippen LogP contribution in [0.2, 0.25) is 0 Å². The molecule has 4 saturated heterocycles. The molecule has 4 aliphatic rings. The molecular formula is C47H56F4N4O11. The van der Waals surface area contributed by atoms with Gasteiger partial charge in [0.1, 0.15) is 46.7 Å². The molecule has 0 aliphatic carbocycles. The van der Waals surface area contributed by atoms with Crippen molar-refractivity contribution in [3.8, 4) is 0 Å². The number of ether oxygens (including phenoxy) is 5. The number of nitrogens with zero attached hydrogens (tertiary/aromatic N) is 3. The molecule has 0 bridgehead atoms. The SMILES string of the molecule is CC(=O)N1C(=O)O[C@H]([C@H]2C[C@@H](O)CN2C(=O)OC(C)(C)C)[C@@H]1Cc1cc(F)cc(F)c1.CC(C)(C)OC(=O)N1C[C@H](OCc2ccccc2)C[C@@H]1[C@H]1OC(=O)N[C@H]1Cc1cc(F)cc(F)c1. The number of benzene rings is 3. The Bertz CT molecular complexity index is 2220. The molecule has 0 unspecified atom stereocenters. The summed E-state index contributed by atoms with van der Waals surface area (Å²) in [6, 6.07) is 13.0. The standard InChI is InChI=1S/C26H30F2N2O5.C21H26F2N2O6/c1-26(2,3)35-25(32)30-14-20(33-15-16-7-5-4-6-8-16)13-22(30)23-21(29-24(31)34-23)11-17-9-18(27)12-19(28)10-17;1-11(26)25-17(7-12-5-13(22)8-14(23)6-12)18(30-20(25)29)16-9-15(27)10-24(16)19(28)31-21(2,3)4/h4-10,12,20-23H,11,13-15H2,1-3H3,(H,29,31);5-6,8,15-18,27H,7,9-10H2,1-4H3/t20-,21+,22-,23+;15-,16-,17+,18-/m11/s1. The van der Waals surface area contributed by atoms with Crippen LogP contribution in [0.4, 0.5) is 36.7 Å². The summed E-state index contributed by atoms with van der Waals surface area (Å²) < 4.78 is 83.0. The number of aliphatic hydroxyl groups excluding tert-OH is 1. The van der Waals surface area contributed by atoms with Gasteiger partial charge in [0.2, 0.25) is 5.91 Å². The number of β-amino-alcohol motifs (C(OH)–C–C–N with tert-alkyl or cyclic N) is 1. The molecule has 3 aromatic rings. The molecule has 0 saturated carbocycles. The number of nitrogens with one attached hydrogen (secondary N) is 1. The second kappa shape index (κ2) is 20.3. The van der Waals surface area contributed by atoms with Crippen LogP contribution in [0.3, 0.4) is 0 Å². The molecule has 358 valence electrons. The van der Waals surface area contributed by atoms with Crippen molar-refractivity contribution >= 4 is 30.3 Å². The number of carbonyl (C=O) groups excluding carboxylic acids is 5. The topological polar surface area (TPSA) is 173 Å². The molecule has 15 nitrogen and oxygen atoms in total. The number of hydrogen-bond donors (Lipinski definition) is 2. The first-order valence-corrected chi connectivity index (χ1v) is 21.6. The molecule has 2 N–H and O–H groups in total. The van der Waals surface area contributed by atoms with Crippen molar-refractivity contribution in [3.63, 3.8) is 0 Å². The van der Waals surface area contributed by atoms with E-state index in [1.807, 2.05) is 30.3 Å². The van der Waals surface area contributed by atoms with Crippen LogP contribution in [-0.2, 0) is 47.9 Å². The van der Waals surface area contributed by atoms with Crippen LogP contribution in [0.5, 0.6) is 0 Å². The van der Waals surface area contributed by atoms with Gasteiger partial charge in [-0.2, -0.15) is 0 Å². The third-order valence-electron chi connectivity index (χ3n) is 11.1. The Balaban J connectivity index is 0.000000220. The lowest BCUT2D eigenvalue weighted by atomic mass is 9.94. The summed E-state index contributed by atoms with van der Waals surface area (Å²) in [5.74, 6) is -3.59. The van der Waals surface area contributed by atoms with Crippen molar-refractivity contribution in [2.24, 2.45) is 0 Å². The van der Waals surface area contributed by atoms with Crippen molar-refractivity contribution in [2.75, 3.05) is 13.1 Å². The zero-order valence-corrected chi connectivity index (χ0v) is 37.8. The fourth-order valence-corrected chi connectivity index (χ4v) is 8.64. The minimum atomic E-state index is -1.01. The van der Waals surface area contributed by atoms with Gasteiger partial charge in [-0.15, -0.1) is 0 Å². The highest BCUT2D eigenvalue weighted by atomic mass is 19.1. The van der Waals surface area contributed by atoms with Gasteiger partial charge in [-0.3, -0.25) is 14.6 Å². The van der Waals surface area contributed by atoms with Crippen LogP contribution in [0.15, 0.2) is 66.7 Å². The molecule has 4 aliphatic heterocycles. The number of cyclic esters (lactones) is 2. The Morgan fingerprint density at radius 2 is 1.23 bits per heavy atom. The second-order valence-electron chi connectivity index (χ2n) is 18.8. The Labute approximate surface area is 380 Å². The molecule has 4 fully saturated rings. The zero-order valence-electron chi connectivity index (χ0n) is 37.8. The minimum absolute atomic E-state index is 0.0327. The summed E-state index contributed by atoms with van der Waals surface area (Å²) in [6.45, 7) is 12.2. The lowest BCUT2D eigenvalue weighted by molar-refractivity contribution is -0.127. The number of likely N-dealkylation sites (tertiary alicyclic amines) is 2. The van der Waals surface area contributed by atoms with E-state index in [2.05, 4.69) is 5.32 Å². The fraction of sp³-hybridized carbons (Fsp3) is 0.511. The van der Waals surface area contributed by atoms with E-state index in [0.717, 1.165) is 34.7 Å². The Kier molecular flexibility index (Phi) is 15.2. The van der Waals surface area contributed by atoms with Crippen molar-refractivity contribution in [1.82, 2.24) is 20.0 Å². The highest BCUT2D eigenvalue weighted by Crippen LogP contribution is 2.35. The largest absolute Gasteiger partial charge is 0.444 e. The van der Waals surface area contributed by atoms with Crippen LogP contribution < -0.4 is 5.32 Å². The van der Waals surface area contributed by atoms with Crippen molar-refractivity contribution in [1.29, 1.82) is 0 Å². The number of rotatable bonds is 9. The lowest BCUT2D eigenvalue weighted by Crippen LogP contribution is -2.51. The molecule has 7 rings (SSSR count). The maximum atomic E-state index is 13.7. The molecule has 19 heteroatoms. The summed E-state index contributed by atoms with van der Waals surface area (Å²) in [4.78, 5) is 66.2. The first-order chi connectivity index (χ1) is 30.9. The van der Waals surface area contributed by atoms with Gasteiger partial charge in [-0.1, -0.05) is 30.3 Å². The first-order valence-electron chi connectivity index (χ1n) is 21.6. The van der Waals surface area contributed by atoms with Crippen molar-refractivity contribution in [3.05, 3.63) is 107 Å². The Morgan fingerprint density at radius 3 is 1.76 bits per heavy atom. The quantitative estimate of drug-likeness (QED) is 0.164. The number of hydrogen-bond acceptors (Lipinski definition) is 11. The molecule has 3 aromatic carbocycles. The number of carbonyl (C=O) groups is 5. The highest BCUT2D eigenvalue weighted by Gasteiger charge is 2.53. The summed E-state index contributed by atoms with van der Waals surface area (Å²) in [7, 11) is 0. The van der Waals surface area contributed by atoms with Gasteiger partial charge in [0.05, 0.1) is 56.1 Å². The third-order valence-corrected chi connectivity index (χ3v) is 11.1. The molecule has 4 heterocycles. The average molecular weight is 929 g/mol. The summed E-state index contributed by atoms with van der Waals surface area (Å²) in [5.41, 5.74) is 0.0974. The molecule has 66 heavy (non-hydrogen) atoms. The summed E-state index contributed by atoms with van der Waals surface area (Å²) >= 11 is 0. The molecule has 0 radical (unpaired) electrons. The minimum Gasteiger partial charge on any atom is -0.444 e. The van der Waals surface area contributed by atoms with Crippen LogP contribution in [0.25, 0.3) is 0 Å². The van der Waals surface area contributed by atoms with Crippen LogP contribution in [0.1, 0.15) is 78.0 Å². The second-order valence-corrected chi connectivity index (χ2v) is 18.8. The lowest BCUT2D eigenvalue weighted by Gasteiger charge is -2.33. The van der Waals surface area contributed by atoms with E-state index in [1.165, 1.54) is 28.9 Å². The molecule has 0 aromatic heterocycles. The van der Waals surface area contributed by atoms with E-state index in [-0.39, 0.29) is 44.0 Å². The number of imide groups is 1.